The van der Waals surface area contributed by atoms with Gasteiger partial charge in [-0.3, -0.25) is 4.79 Å². The lowest BCUT2D eigenvalue weighted by molar-refractivity contribution is 0.0611. The molecule has 0 spiro atoms. The Morgan fingerprint density at radius 2 is 1.36 bits per heavy atom. The van der Waals surface area contributed by atoms with Gasteiger partial charge in [0.2, 0.25) is 0 Å². The number of aromatic carboxylic acids is 3. The van der Waals surface area contributed by atoms with Gasteiger partial charge in [-0.25, -0.2) is 14.4 Å². The summed E-state index contributed by atoms with van der Waals surface area (Å²) in [6.07, 6.45) is 2.26. The number of nitrogens with zero attached hydrogens (tertiary/aromatic N) is 1. The van der Waals surface area contributed by atoms with Gasteiger partial charge in [0.1, 0.15) is 0 Å². The Bertz CT molecular complexity index is 1370. The highest BCUT2D eigenvalue weighted by Crippen LogP contribution is 2.37. The van der Waals surface area contributed by atoms with Crippen molar-refractivity contribution in [3.63, 3.8) is 0 Å². The van der Waals surface area contributed by atoms with Crippen LogP contribution in [0.4, 0.5) is 0 Å². The molecule has 184 valence electrons. The molecule has 3 N–H and O–H groups in total. The Hall–Kier alpha value is -4.17. The molecule has 0 aliphatic heterocycles. The largest absolute Gasteiger partial charge is 0.478 e. The first kappa shape index (κ1) is 24.9. The molecule has 36 heavy (non-hydrogen) atoms. The fourth-order valence-electron chi connectivity index (χ4n) is 4.62. The van der Waals surface area contributed by atoms with E-state index in [1.165, 1.54) is 4.90 Å². The van der Waals surface area contributed by atoms with Crippen molar-refractivity contribution >= 4 is 35.4 Å². The van der Waals surface area contributed by atoms with Crippen LogP contribution in [-0.4, -0.2) is 44.0 Å². The molecule has 1 aliphatic carbocycles. The Balaban J connectivity index is 1.88. The predicted molar refractivity (Wildman–Crippen MR) is 131 cm³/mol. The van der Waals surface area contributed by atoms with Crippen LogP contribution in [-0.2, 0) is 13.0 Å². The summed E-state index contributed by atoms with van der Waals surface area (Å²) in [4.78, 5) is 51.0. The van der Waals surface area contributed by atoms with Gasteiger partial charge in [-0.2, -0.15) is 0 Å². The first-order valence-electron chi connectivity index (χ1n) is 11.2. The number of carboxylic acids is 3. The number of carbonyl (C=O) groups excluding carboxylic acids is 1. The maximum atomic E-state index is 14.0. The van der Waals surface area contributed by atoms with Crippen LogP contribution in [0.5, 0.6) is 0 Å². The quantitative estimate of drug-likeness (QED) is 0.402. The van der Waals surface area contributed by atoms with E-state index in [0.29, 0.717) is 11.4 Å². The van der Waals surface area contributed by atoms with Crippen LogP contribution in [0, 0.1) is 0 Å². The number of amides is 1. The van der Waals surface area contributed by atoms with Gasteiger partial charge in [-0.1, -0.05) is 48.0 Å². The Morgan fingerprint density at radius 3 is 1.97 bits per heavy atom. The first-order valence-corrected chi connectivity index (χ1v) is 11.6. The number of aryl methyl sites for hydroxylation is 1. The average Bonchev–Trinajstić information content (AvgIpc) is 2.86. The molecule has 1 aliphatic rings. The van der Waals surface area contributed by atoms with E-state index >= 15 is 0 Å². The average molecular weight is 508 g/mol. The van der Waals surface area contributed by atoms with Crippen LogP contribution >= 0.6 is 11.6 Å². The van der Waals surface area contributed by atoms with Gasteiger partial charge < -0.3 is 20.2 Å². The number of rotatable bonds is 7. The van der Waals surface area contributed by atoms with Crippen LogP contribution < -0.4 is 0 Å². The smallest absolute Gasteiger partial charge is 0.336 e. The van der Waals surface area contributed by atoms with E-state index in [1.54, 1.807) is 24.3 Å². The van der Waals surface area contributed by atoms with E-state index in [1.807, 2.05) is 24.3 Å². The molecule has 3 aromatic carbocycles. The maximum Gasteiger partial charge on any atom is 0.336 e. The molecular weight excluding hydrogens is 486 g/mol. The molecule has 8 nitrogen and oxygen atoms in total. The van der Waals surface area contributed by atoms with E-state index in [0.717, 1.165) is 41.7 Å². The van der Waals surface area contributed by atoms with Crippen molar-refractivity contribution in [2.45, 2.75) is 31.8 Å². The van der Waals surface area contributed by atoms with Crippen molar-refractivity contribution in [1.82, 2.24) is 4.90 Å². The molecular formula is C27H22ClNO7. The van der Waals surface area contributed by atoms with E-state index in [9.17, 15) is 34.5 Å². The van der Waals surface area contributed by atoms with E-state index in [4.69, 9.17) is 11.6 Å². The molecule has 0 fully saturated rings. The van der Waals surface area contributed by atoms with Crippen molar-refractivity contribution in [3.8, 4) is 0 Å². The standard InChI is InChI=1S/C27H22ClNO7/c28-17-10-8-15(9-11-17)14-29(23-7-3-5-16-4-1-2-6-18(16)23)24(30)19-12-21(26(33)34)22(27(35)36)13-20(19)25(31)32/h1-2,4,6,8-13,23H,3,5,7,14H2,(H,31,32)(H,33,34)(H,35,36)/t23-/m0/s1. The molecule has 1 atom stereocenters. The molecule has 0 radical (unpaired) electrons. The zero-order valence-electron chi connectivity index (χ0n) is 19.0. The number of carbonyl (C=O) groups is 4. The van der Waals surface area contributed by atoms with Gasteiger partial charge in [0.25, 0.3) is 5.91 Å². The van der Waals surface area contributed by atoms with Crippen molar-refractivity contribution in [3.05, 3.63) is 105 Å². The molecule has 9 heteroatoms. The Morgan fingerprint density at radius 1 is 0.806 bits per heavy atom. The second-order valence-corrected chi connectivity index (χ2v) is 8.96. The van der Waals surface area contributed by atoms with Crippen molar-refractivity contribution in [2.24, 2.45) is 0 Å². The monoisotopic (exact) mass is 507 g/mol. The van der Waals surface area contributed by atoms with Gasteiger partial charge in [0.15, 0.2) is 0 Å². The number of halogens is 1. The minimum atomic E-state index is -1.60. The molecule has 4 rings (SSSR count). The molecule has 0 heterocycles. The Kier molecular flexibility index (Phi) is 7.07. The summed E-state index contributed by atoms with van der Waals surface area (Å²) in [5, 5.41) is 29.3. The summed E-state index contributed by atoms with van der Waals surface area (Å²) in [5.74, 6) is -5.42. The lowest BCUT2D eigenvalue weighted by Gasteiger charge is -2.36. The van der Waals surface area contributed by atoms with Gasteiger partial charge in [-0.05, 0) is 60.2 Å². The van der Waals surface area contributed by atoms with Crippen molar-refractivity contribution in [1.29, 1.82) is 0 Å². The normalized spacial score (nSPS) is 14.5. The van der Waals surface area contributed by atoms with E-state index in [2.05, 4.69) is 0 Å². The summed E-state index contributed by atoms with van der Waals surface area (Å²) in [5.41, 5.74) is 0.426. The third-order valence-corrected chi connectivity index (χ3v) is 6.57. The lowest BCUT2D eigenvalue weighted by Crippen LogP contribution is -2.37. The van der Waals surface area contributed by atoms with E-state index in [-0.39, 0.29) is 12.1 Å². The summed E-state index contributed by atoms with van der Waals surface area (Å²) >= 11 is 6.02. The molecule has 0 unspecified atom stereocenters. The second kappa shape index (κ2) is 10.2. The highest BCUT2D eigenvalue weighted by Gasteiger charge is 2.33. The van der Waals surface area contributed by atoms with Crippen LogP contribution in [0.15, 0.2) is 60.7 Å². The molecule has 3 aromatic rings. The SMILES string of the molecule is O=C(O)c1cc(C(=O)O)c(C(=O)N(Cc2ccc(Cl)cc2)[C@H]2CCCc3ccccc32)cc1C(=O)O. The predicted octanol–water partition coefficient (Wildman–Crippen LogP) is 5.15. The van der Waals surface area contributed by atoms with Crippen LogP contribution in [0.3, 0.4) is 0 Å². The topological polar surface area (TPSA) is 132 Å². The third kappa shape index (κ3) is 4.94. The molecule has 1 amide bonds. The first-order chi connectivity index (χ1) is 17.2. The number of hydrogen-bond acceptors (Lipinski definition) is 4. The number of hydrogen-bond donors (Lipinski definition) is 3. The number of benzene rings is 3. The molecule has 0 bridgehead atoms. The summed E-state index contributed by atoms with van der Waals surface area (Å²) in [6.45, 7) is 0.108. The highest BCUT2D eigenvalue weighted by molar-refractivity contribution is 6.30. The van der Waals surface area contributed by atoms with Crippen molar-refractivity contribution < 1.29 is 34.5 Å². The van der Waals surface area contributed by atoms with Gasteiger partial charge in [-0.15, -0.1) is 0 Å². The fraction of sp³-hybridized carbons (Fsp3) is 0.185. The fourth-order valence-corrected chi connectivity index (χ4v) is 4.75. The van der Waals surface area contributed by atoms with Crippen LogP contribution in [0.2, 0.25) is 5.02 Å². The minimum Gasteiger partial charge on any atom is -0.478 e. The zero-order valence-corrected chi connectivity index (χ0v) is 19.7. The molecule has 0 saturated heterocycles. The van der Waals surface area contributed by atoms with Crippen LogP contribution in [0.25, 0.3) is 0 Å². The number of carboxylic acid groups (broad SMARTS) is 3. The van der Waals surface area contributed by atoms with Gasteiger partial charge in [0, 0.05) is 11.6 Å². The molecule has 0 aromatic heterocycles. The summed E-state index contributed by atoms with van der Waals surface area (Å²) in [7, 11) is 0. The second-order valence-electron chi connectivity index (χ2n) is 8.53. The molecule has 0 saturated carbocycles. The maximum absolute atomic E-state index is 14.0. The summed E-state index contributed by atoms with van der Waals surface area (Å²) in [6, 6.07) is 15.8. The van der Waals surface area contributed by atoms with E-state index < -0.39 is 46.5 Å². The van der Waals surface area contributed by atoms with Gasteiger partial charge >= 0.3 is 17.9 Å². The Labute approximate surface area is 211 Å². The minimum absolute atomic E-state index is 0.108. The lowest BCUT2D eigenvalue weighted by atomic mass is 9.86. The zero-order chi connectivity index (χ0) is 26.0. The number of fused-ring (bicyclic) bond motifs is 1. The van der Waals surface area contributed by atoms with Gasteiger partial charge in [0.05, 0.1) is 28.3 Å². The highest BCUT2D eigenvalue weighted by atomic mass is 35.5. The summed E-state index contributed by atoms with van der Waals surface area (Å²) < 4.78 is 0. The van der Waals surface area contributed by atoms with Crippen molar-refractivity contribution in [2.75, 3.05) is 0 Å². The van der Waals surface area contributed by atoms with Crippen LogP contribution in [0.1, 0.15) is 77.0 Å². The third-order valence-electron chi connectivity index (χ3n) is 6.32.